The Morgan fingerprint density at radius 2 is 2.06 bits per heavy atom. The summed E-state index contributed by atoms with van der Waals surface area (Å²) in [6.45, 7) is 1.45. The average molecular weight is 342 g/mol. The van der Waals surface area contributed by atoms with Gasteiger partial charge in [0.1, 0.15) is 16.4 Å². The minimum Gasteiger partial charge on any atom is -0.495 e. The van der Waals surface area contributed by atoms with Crippen LogP contribution in [-0.2, 0) is 20.3 Å². The molecule has 0 N–H and O–H groups in total. The maximum Gasteiger partial charge on any atom is 0.265 e. The van der Waals surface area contributed by atoms with Crippen LogP contribution in [0.1, 0.15) is 12.5 Å². The number of benzene rings is 1. The number of ether oxygens (including phenoxy) is 1. The lowest BCUT2D eigenvalue weighted by molar-refractivity contribution is -0.116. The van der Waals surface area contributed by atoms with Crippen LogP contribution < -0.4 is 4.74 Å². The Bertz CT molecular complexity index is 554. The largest absolute Gasteiger partial charge is 0.495 e. The minimum atomic E-state index is -3.88. The third kappa shape index (κ3) is 3.69. The molecule has 0 fully saturated rings. The maximum atomic E-state index is 11.3. The lowest BCUT2D eigenvalue weighted by Gasteiger charge is -2.10. The van der Waals surface area contributed by atoms with Crippen LogP contribution in [0.25, 0.3) is 0 Å². The minimum absolute atomic E-state index is 0.0331. The summed E-state index contributed by atoms with van der Waals surface area (Å²) in [5.74, 6) is 0.0914. The molecular weight excluding hydrogens is 332 g/mol. The second kappa shape index (κ2) is 5.37. The van der Waals surface area contributed by atoms with E-state index >= 15 is 0 Å². The average Bonchev–Trinajstić information content (AvgIpc) is 2.18. The normalized spacial score (nSPS) is 11.3. The van der Waals surface area contributed by atoms with Gasteiger partial charge in [-0.2, -0.15) is 0 Å². The van der Waals surface area contributed by atoms with Crippen molar-refractivity contribution >= 4 is 41.4 Å². The fourth-order valence-corrected chi connectivity index (χ4v) is 2.97. The van der Waals surface area contributed by atoms with Gasteiger partial charge in [0.15, 0.2) is 0 Å². The Hall–Kier alpha value is -0.590. The van der Waals surface area contributed by atoms with Crippen LogP contribution in [0.3, 0.4) is 0 Å². The molecule has 1 rings (SSSR count). The number of hydrogen-bond acceptors (Lipinski definition) is 4. The van der Waals surface area contributed by atoms with Gasteiger partial charge in [-0.3, -0.25) is 4.79 Å². The Morgan fingerprint density at radius 1 is 1.47 bits per heavy atom. The van der Waals surface area contributed by atoms with E-state index in [1.54, 1.807) is 0 Å². The number of carbonyl (C=O) groups is 1. The van der Waals surface area contributed by atoms with E-state index in [4.69, 9.17) is 15.4 Å². The predicted octanol–water partition coefficient (Wildman–Crippen LogP) is 2.52. The molecule has 0 atom stereocenters. The van der Waals surface area contributed by atoms with Crippen LogP contribution in [0.15, 0.2) is 21.5 Å². The van der Waals surface area contributed by atoms with Crippen molar-refractivity contribution in [2.24, 2.45) is 0 Å². The highest BCUT2D eigenvalue weighted by Crippen LogP contribution is 2.33. The fraction of sp³-hybridized carbons (Fsp3) is 0.300. The van der Waals surface area contributed by atoms with Gasteiger partial charge in [-0.15, -0.1) is 0 Å². The highest BCUT2D eigenvalue weighted by Gasteiger charge is 2.19. The van der Waals surface area contributed by atoms with Crippen LogP contribution in [0.4, 0.5) is 0 Å². The van der Waals surface area contributed by atoms with Crippen LogP contribution in [0.5, 0.6) is 5.75 Å². The van der Waals surface area contributed by atoms with Gasteiger partial charge in [0.2, 0.25) is 0 Å². The number of methoxy groups -OCH3 is 1. The van der Waals surface area contributed by atoms with Gasteiger partial charge in [0.05, 0.1) is 7.11 Å². The molecule has 1 aromatic carbocycles. The second-order valence-corrected chi connectivity index (χ2v) is 6.80. The number of carbonyl (C=O) groups excluding carboxylic acids is 1. The van der Waals surface area contributed by atoms with Crippen molar-refractivity contribution in [1.82, 2.24) is 0 Å². The molecule has 1 aromatic rings. The predicted molar refractivity (Wildman–Crippen MR) is 68.1 cm³/mol. The quantitative estimate of drug-likeness (QED) is 0.790. The molecule has 0 saturated heterocycles. The van der Waals surface area contributed by atoms with Crippen molar-refractivity contribution in [2.75, 3.05) is 7.11 Å². The topological polar surface area (TPSA) is 60.4 Å². The molecule has 7 heteroatoms. The SMILES string of the molecule is COc1cc(CC(C)=O)c(Br)cc1S(=O)(=O)Cl. The summed E-state index contributed by atoms with van der Waals surface area (Å²) in [4.78, 5) is 10.9. The first-order chi connectivity index (χ1) is 7.75. The molecule has 0 unspecified atom stereocenters. The van der Waals surface area contributed by atoms with E-state index in [9.17, 15) is 13.2 Å². The van der Waals surface area contributed by atoms with Gasteiger partial charge >= 0.3 is 0 Å². The molecule has 0 aliphatic rings. The van der Waals surface area contributed by atoms with Crippen molar-refractivity contribution in [2.45, 2.75) is 18.2 Å². The lowest BCUT2D eigenvalue weighted by Crippen LogP contribution is -2.02. The molecule has 0 aromatic heterocycles. The Balaban J connectivity index is 3.40. The van der Waals surface area contributed by atoms with Gasteiger partial charge in [0.25, 0.3) is 9.05 Å². The van der Waals surface area contributed by atoms with Gasteiger partial charge in [0, 0.05) is 21.6 Å². The molecule has 0 spiro atoms. The van der Waals surface area contributed by atoms with E-state index in [-0.39, 0.29) is 22.8 Å². The molecule has 0 aliphatic carbocycles. The molecule has 94 valence electrons. The molecular formula is C10H10BrClO4S. The molecule has 0 heterocycles. The van der Waals surface area contributed by atoms with E-state index in [1.165, 1.54) is 26.2 Å². The van der Waals surface area contributed by atoms with Crippen molar-refractivity contribution in [3.8, 4) is 5.75 Å². The van der Waals surface area contributed by atoms with E-state index < -0.39 is 9.05 Å². The summed E-state index contributed by atoms with van der Waals surface area (Å²) in [5.41, 5.74) is 0.651. The van der Waals surface area contributed by atoms with Gasteiger partial charge in [-0.1, -0.05) is 15.9 Å². The monoisotopic (exact) mass is 340 g/mol. The third-order valence-corrected chi connectivity index (χ3v) is 4.12. The molecule has 4 nitrogen and oxygen atoms in total. The Morgan fingerprint density at radius 3 is 2.47 bits per heavy atom. The van der Waals surface area contributed by atoms with Crippen molar-refractivity contribution in [1.29, 1.82) is 0 Å². The first-order valence-corrected chi connectivity index (χ1v) is 7.66. The summed E-state index contributed by atoms with van der Waals surface area (Å²) < 4.78 is 28.1. The molecule has 0 saturated carbocycles. The lowest BCUT2D eigenvalue weighted by atomic mass is 10.1. The van der Waals surface area contributed by atoms with Gasteiger partial charge < -0.3 is 4.74 Å². The maximum absolute atomic E-state index is 11.3. The molecule has 0 aliphatic heterocycles. The first-order valence-electron chi connectivity index (χ1n) is 4.56. The molecule has 0 bridgehead atoms. The number of hydrogen-bond donors (Lipinski definition) is 0. The molecule has 0 radical (unpaired) electrons. The first kappa shape index (κ1) is 14.5. The zero-order valence-corrected chi connectivity index (χ0v) is 12.3. The second-order valence-electron chi connectivity index (χ2n) is 3.41. The van der Waals surface area contributed by atoms with Crippen molar-refractivity contribution in [3.63, 3.8) is 0 Å². The van der Waals surface area contributed by atoms with E-state index in [1.807, 2.05) is 0 Å². The van der Waals surface area contributed by atoms with Crippen molar-refractivity contribution < 1.29 is 17.9 Å². The highest BCUT2D eigenvalue weighted by molar-refractivity contribution is 9.10. The zero-order valence-electron chi connectivity index (χ0n) is 9.16. The van der Waals surface area contributed by atoms with Gasteiger partial charge in [-0.25, -0.2) is 8.42 Å². The van der Waals surface area contributed by atoms with E-state index in [0.717, 1.165) is 0 Å². The zero-order chi connectivity index (χ0) is 13.2. The fourth-order valence-electron chi connectivity index (χ4n) is 1.33. The molecule has 17 heavy (non-hydrogen) atoms. The van der Waals surface area contributed by atoms with Crippen LogP contribution in [0, 0.1) is 0 Å². The summed E-state index contributed by atoms with van der Waals surface area (Å²) >= 11 is 3.20. The van der Waals surface area contributed by atoms with Crippen LogP contribution >= 0.6 is 26.6 Å². The van der Waals surface area contributed by atoms with Crippen molar-refractivity contribution in [3.05, 3.63) is 22.2 Å². The highest BCUT2D eigenvalue weighted by atomic mass is 79.9. The summed E-state index contributed by atoms with van der Waals surface area (Å²) in [7, 11) is 2.74. The summed E-state index contributed by atoms with van der Waals surface area (Å²) in [6, 6.07) is 2.82. The van der Waals surface area contributed by atoms with Crippen LogP contribution in [-0.4, -0.2) is 21.3 Å². The Labute approximate surface area is 112 Å². The van der Waals surface area contributed by atoms with E-state index in [2.05, 4.69) is 15.9 Å². The van der Waals surface area contributed by atoms with E-state index in [0.29, 0.717) is 10.0 Å². The standard InChI is InChI=1S/C10H10BrClO4S/c1-6(13)3-7-4-9(16-2)10(5-8(7)11)17(12,14)15/h4-5H,3H2,1-2H3. The van der Waals surface area contributed by atoms with Crippen LogP contribution in [0.2, 0.25) is 0 Å². The number of Topliss-reactive ketones (excluding diaryl/α,β-unsaturated/α-hetero) is 1. The number of rotatable bonds is 4. The summed E-state index contributed by atoms with van der Waals surface area (Å²) in [5, 5.41) is 0. The number of halogens is 2. The molecule has 0 amide bonds. The number of ketones is 1. The Kier molecular flexibility index (Phi) is 4.57. The van der Waals surface area contributed by atoms with Gasteiger partial charge in [-0.05, 0) is 24.6 Å². The third-order valence-electron chi connectivity index (χ3n) is 2.03. The summed E-state index contributed by atoms with van der Waals surface area (Å²) in [6.07, 6.45) is 0.194. The smallest absolute Gasteiger partial charge is 0.265 e.